The summed E-state index contributed by atoms with van der Waals surface area (Å²) in [5, 5.41) is 7.06. The predicted molar refractivity (Wildman–Crippen MR) is 113 cm³/mol. The Morgan fingerprint density at radius 2 is 2.04 bits per heavy atom. The summed E-state index contributed by atoms with van der Waals surface area (Å²) in [5.74, 6) is 1.73. The Morgan fingerprint density at radius 3 is 2.70 bits per heavy atom. The van der Waals surface area contributed by atoms with E-state index in [4.69, 9.17) is 0 Å². The quantitative estimate of drug-likeness (QED) is 0.249. The van der Waals surface area contributed by atoms with Crippen molar-refractivity contribution in [1.29, 1.82) is 0 Å². The summed E-state index contributed by atoms with van der Waals surface area (Å²) in [5.41, 5.74) is 0. The molecule has 0 amide bonds. The average molecular weight is 438 g/mol. The normalized spacial score (nSPS) is 20.7. The second kappa shape index (κ2) is 14.3. The molecule has 0 saturated carbocycles. The summed E-state index contributed by atoms with van der Waals surface area (Å²) in [7, 11) is 1.87. The Balaban J connectivity index is 0.00000484. The van der Waals surface area contributed by atoms with Gasteiger partial charge in [-0.25, -0.2) is 0 Å². The molecule has 0 aromatic heterocycles. The Bertz CT molecular complexity index is 309. The van der Waals surface area contributed by atoms with E-state index < -0.39 is 0 Å². The summed E-state index contributed by atoms with van der Waals surface area (Å²) in [4.78, 5) is 6.93. The molecule has 0 spiro atoms. The molecule has 2 atom stereocenters. The van der Waals surface area contributed by atoms with E-state index in [1.807, 2.05) is 7.05 Å². The van der Waals surface area contributed by atoms with Gasteiger partial charge < -0.3 is 15.5 Å². The van der Waals surface area contributed by atoms with Crippen LogP contribution in [0.25, 0.3) is 0 Å². The maximum atomic E-state index is 4.38. The van der Waals surface area contributed by atoms with Crippen LogP contribution < -0.4 is 10.6 Å². The highest BCUT2D eigenvalue weighted by atomic mass is 127. The van der Waals surface area contributed by atoms with Crippen LogP contribution in [0.3, 0.4) is 0 Å². The van der Waals surface area contributed by atoms with Crippen molar-refractivity contribution in [2.24, 2.45) is 10.9 Å². The lowest BCUT2D eigenvalue weighted by molar-refractivity contribution is 0.183. The van der Waals surface area contributed by atoms with Crippen LogP contribution in [0.5, 0.6) is 0 Å². The number of nitrogens with one attached hydrogen (secondary N) is 2. The zero-order chi connectivity index (χ0) is 16.2. The van der Waals surface area contributed by atoms with Crippen molar-refractivity contribution < 1.29 is 0 Å². The smallest absolute Gasteiger partial charge is 0.191 e. The zero-order valence-corrected chi connectivity index (χ0v) is 18.1. The molecule has 4 nitrogen and oxygen atoms in total. The lowest BCUT2D eigenvalue weighted by atomic mass is 9.98. The minimum Gasteiger partial charge on any atom is -0.356 e. The average Bonchev–Trinajstić information content (AvgIpc) is 2.55. The molecule has 2 unspecified atom stereocenters. The van der Waals surface area contributed by atoms with Gasteiger partial charge in [0.15, 0.2) is 5.96 Å². The van der Waals surface area contributed by atoms with Crippen molar-refractivity contribution in [3.8, 4) is 0 Å². The van der Waals surface area contributed by atoms with Crippen LogP contribution in [0, 0.1) is 5.92 Å². The maximum absolute atomic E-state index is 4.38. The monoisotopic (exact) mass is 438 g/mol. The zero-order valence-electron chi connectivity index (χ0n) is 15.7. The summed E-state index contributed by atoms with van der Waals surface area (Å²) in [6.07, 6.45) is 9.23. The number of rotatable bonds is 9. The molecule has 0 bridgehead atoms. The highest BCUT2D eigenvalue weighted by molar-refractivity contribution is 14.0. The number of hydrogen-bond acceptors (Lipinski definition) is 2. The van der Waals surface area contributed by atoms with Crippen molar-refractivity contribution in [3.63, 3.8) is 0 Å². The van der Waals surface area contributed by atoms with Gasteiger partial charge in [-0.2, -0.15) is 0 Å². The second-order valence-corrected chi connectivity index (χ2v) is 6.75. The first-order chi connectivity index (χ1) is 10.7. The first kappa shape index (κ1) is 23.0. The van der Waals surface area contributed by atoms with E-state index >= 15 is 0 Å². The summed E-state index contributed by atoms with van der Waals surface area (Å²) in [6, 6.07) is 0.501. The van der Waals surface area contributed by atoms with Gasteiger partial charge in [0.05, 0.1) is 0 Å². The van der Waals surface area contributed by atoms with E-state index in [2.05, 4.69) is 41.3 Å². The molecule has 23 heavy (non-hydrogen) atoms. The van der Waals surface area contributed by atoms with Crippen LogP contribution in [0.2, 0.25) is 0 Å². The second-order valence-electron chi connectivity index (χ2n) is 6.75. The highest BCUT2D eigenvalue weighted by Crippen LogP contribution is 2.15. The van der Waals surface area contributed by atoms with E-state index in [0.29, 0.717) is 6.04 Å². The number of unbranched alkanes of at least 4 members (excludes halogenated alkanes) is 3. The number of aliphatic imine (C=N–C) groups is 1. The lowest BCUT2D eigenvalue weighted by Crippen LogP contribution is -2.46. The van der Waals surface area contributed by atoms with Crippen molar-refractivity contribution >= 4 is 29.9 Å². The fraction of sp³-hybridized carbons (Fsp3) is 0.944. The van der Waals surface area contributed by atoms with E-state index in [9.17, 15) is 0 Å². The molecule has 1 fully saturated rings. The number of hydrogen-bond donors (Lipinski definition) is 2. The molecule has 0 aromatic carbocycles. The van der Waals surface area contributed by atoms with Crippen LogP contribution in [0.15, 0.2) is 4.99 Å². The molecule has 1 rings (SSSR count). The van der Waals surface area contributed by atoms with Gasteiger partial charge in [0, 0.05) is 26.2 Å². The molecular formula is C18H39IN4. The van der Waals surface area contributed by atoms with Gasteiger partial charge in [0.25, 0.3) is 0 Å². The van der Waals surface area contributed by atoms with Crippen LogP contribution in [0.1, 0.15) is 65.7 Å². The van der Waals surface area contributed by atoms with Crippen molar-refractivity contribution in [2.75, 3.05) is 33.2 Å². The van der Waals surface area contributed by atoms with E-state index in [0.717, 1.165) is 18.4 Å². The molecule has 1 aliphatic rings. The molecule has 1 saturated heterocycles. The number of likely N-dealkylation sites (tertiary alicyclic amines) is 1. The molecule has 0 aliphatic carbocycles. The minimum atomic E-state index is 0. The van der Waals surface area contributed by atoms with E-state index in [-0.39, 0.29) is 24.0 Å². The molecule has 2 N–H and O–H groups in total. The number of guanidine groups is 1. The molecule has 1 heterocycles. The van der Waals surface area contributed by atoms with Crippen LogP contribution in [-0.2, 0) is 0 Å². The Kier molecular flexibility index (Phi) is 14.3. The van der Waals surface area contributed by atoms with E-state index in [1.165, 1.54) is 64.6 Å². The summed E-state index contributed by atoms with van der Waals surface area (Å²) < 4.78 is 0. The highest BCUT2D eigenvalue weighted by Gasteiger charge is 2.18. The molecular weight excluding hydrogens is 399 g/mol. The SMILES string of the molecule is CCCCCCC(C)NC(=NC)NCC1CCCN(CC)C1.I. The predicted octanol–water partition coefficient (Wildman–Crippen LogP) is 3.86. The molecule has 5 heteroatoms. The first-order valence-electron chi connectivity index (χ1n) is 9.39. The molecule has 0 radical (unpaired) electrons. The maximum Gasteiger partial charge on any atom is 0.191 e. The van der Waals surface area contributed by atoms with Gasteiger partial charge in [-0.15, -0.1) is 24.0 Å². The van der Waals surface area contributed by atoms with Crippen molar-refractivity contribution in [1.82, 2.24) is 15.5 Å². The first-order valence-corrected chi connectivity index (χ1v) is 9.39. The van der Waals surface area contributed by atoms with Crippen LogP contribution >= 0.6 is 24.0 Å². The molecule has 1 aliphatic heterocycles. The molecule has 138 valence electrons. The minimum absolute atomic E-state index is 0. The third kappa shape index (κ3) is 10.4. The van der Waals surface area contributed by atoms with Gasteiger partial charge in [-0.05, 0) is 45.2 Å². The number of piperidine rings is 1. The molecule has 0 aromatic rings. The van der Waals surface area contributed by atoms with Gasteiger partial charge in [-0.1, -0.05) is 39.5 Å². The largest absolute Gasteiger partial charge is 0.356 e. The topological polar surface area (TPSA) is 39.7 Å². The van der Waals surface area contributed by atoms with Crippen LogP contribution in [-0.4, -0.2) is 50.1 Å². The number of halogens is 1. The van der Waals surface area contributed by atoms with Crippen LogP contribution in [0.4, 0.5) is 0 Å². The standard InChI is InChI=1S/C18H38N4.HI/c1-5-7-8-9-11-16(3)21-18(19-4)20-14-17-12-10-13-22(6-2)15-17;/h16-17H,5-15H2,1-4H3,(H2,19,20,21);1H. The third-order valence-corrected chi connectivity index (χ3v) is 4.71. The van der Waals surface area contributed by atoms with Gasteiger partial charge in [0.1, 0.15) is 0 Å². The lowest BCUT2D eigenvalue weighted by Gasteiger charge is -2.32. The Labute approximate surface area is 161 Å². The summed E-state index contributed by atoms with van der Waals surface area (Å²) >= 11 is 0. The Hall–Kier alpha value is -0.0400. The van der Waals surface area contributed by atoms with E-state index in [1.54, 1.807) is 0 Å². The van der Waals surface area contributed by atoms with Crippen molar-refractivity contribution in [3.05, 3.63) is 0 Å². The Morgan fingerprint density at radius 1 is 1.26 bits per heavy atom. The third-order valence-electron chi connectivity index (χ3n) is 4.71. The van der Waals surface area contributed by atoms with Gasteiger partial charge in [0.2, 0.25) is 0 Å². The fourth-order valence-corrected chi connectivity index (χ4v) is 3.22. The van der Waals surface area contributed by atoms with Crippen molar-refractivity contribution in [2.45, 2.75) is 71.8 Å². The summed E-state index contributed by atoms with van der Waals surface area (Å²) in [6.45, 7) is 11.5. The van der Waals surface area contributed by atoms with Gasteiger partial charge in [-0.3, -0.25) is 4.99 Å². The van der Waals surface area contributed by atoms with Gasteiger partial charge >= 0.3 is 0 Å². The fourth-order valence-electron chi connectivity index (χ4n) is 3.22. The number of nitrogens with zero attached hydrogens (tertiary/aromatic N) is 2.